The summed E-state index contributed by atoms with van der Waals surface area (Å²) >= 11 is 7.97. The molecular weight excluding hydrogens is 477 g/mol. The van der Waals surface area contributed by atoms with E-state index in [0.717, 1.165) is 3.57 Å². The normalized spacial score (nSPS) is 14.7. The van der Waals surface area contributed by atoms with Gasteiger partial charge in [0.25, 0.3) is 0 Å². The van der Waals surface area contributed by atoms with Crippen molar-refractivity contribution in [2.75, 3.05) is 16.8 Å². The Labute approximate surface area is 170 Å². The van der Waals surface area contributed by atoms with Crippen molar-refractivity contribution < 1.29 is 13.7 Å². The quantitative estimate of drug-likeness (QED) is 0.364. The number of hydrogen-bond acceptors (Lipinski definition) is 6. The Balaban J connectivity index is 2.82. The molecule has 25 heavy (non-hydrogen) atoms. The molecule has 1 rings (SSSR count). The molecule has 0 spiro atoms. The van der Waals surface area contributed by atoms with E-state index in [1.807, 2.05) is 20.8 Å². The van der Waals surface area contributed by atoms with Crippen molar-refractivity contribution in [2.45, 2.75) is 53.2 Å². The van der Waals surface area contributed by atoms with E-state index in [4.69, 9.17) is 16.3 Å². The highest BCUT2D eigenvalue weighted by Crippen LogP contribution is 2.26. The number of carbonyl (C=O) groups excluding carboxylic acids is 1. The summed E-state index contributed by atoms with van der Waals surface area (Å²) in [6, 6.07) is -0.171. The Morgan fingerprint density at radius 1 is 1.36 bits per heavy atom. The van der Waals surface area contributed by atoms with Gasteiger partial charge in [-0.15, -0.1) is 0 Å². The maximum atomic E-state index is 12.4. The van der Waals surface area contributed by atoms with Crippen molar-refractivity contribution in [3.63, 3.8) is 0 Å². The number of anilines is 1. The van der Waals surface area contributed by atoms with E-state index < -0.39 is 22.4 Å². The van der Waals surface area contributed by atoms with Gasteiger partial charge in [0, 0.05) is 28.8 Å². The minimum atomic E-state index is -1.36. The average molecular weight is 502 g/mol. The van der Waals surface area contributed by atoms with Gasteiger partial charge in [-0.3, -0.25) is 9.00 Å². The number of hydrogen-bond donors (Lipinski definition) is 1. The van der Waals surface area contributed by atoms with Crippen LogP contribution in [-0.4, -0.2) is 43.3 Å². The number of ether oxygens (including phenoxy) is 1. The topological polar surface area (TPSA) is 81.2 Å². The molecule has 1 unspecified atom stereocenters. The average Bonchev–Trinajstić information content (AvgIpc) is 2.38. The lowest BCUT2D eigenvalue weighted by Gasteiger charge is -2.32. The number of nitrogens with zero attached hydrogens (tertiary/aromatic N) is 2. The van der Waals surface area contributed by atoms with Crippen LogP contribution in [0.2, 0.25) is 5.28 Å². The highest BCUT2D eigenvalue weighted by molar-refractivity contribution is 14.1. The molecule has 0 saturated heterocycles. The molecule has 0 aliphatic carbocycles. The Kier molecular flexibility index (Phi) is 8.07. The van der Waals surface area contributed by atoms with Crippen LogP contribution in [0.25, 0.3) is 0 Å². The number of halogens is 2. The lowest BCUT2D eigenvalue weighted by Crippen LogP contribution is -2.40. The van der Waals surface area contributed by atoms with E-state index in [9.17, 15) is 9.00 Å². The van der Waals surface area contributed by atoms with E-state index in [0.29, 0.717) is 11.6 Å². The van der Waals surface area contributed by atoms with Crippen molar-refractivity contribution in [3.8, 4) is 0 Å². The number of rotatable bonds is 6. The predicted molar refractivity (Wildman–Crippen MR) is 110 cm³/mol. The van der Waals surface area contributed by atoms with Crippen LogP contribution < -0.4 is 5.32 Å². The van der Waals surface area contributed by atoms with Crippen LogP contribution >= 0.6 is 34.2 Å². The standard InChI is InChI=1S/C16H25ClIN3O3S/c1-15(2,3)11(20-13-10(18)7-19-14(17)21-13)8-25(23)9-12(22)24-16(4,5)6/h7,11H,8-9H2,1-6H3,(H,19,20,21)/t11-,25?/m1/s1. The molecule has 2 atom stereocenters. The highest BCUT2D eigenvalue weighted by atomic mass is 127. The Hall–Kier alpha value is -0.480. The summed E-state index contributed by atoms with van der Waals surface area (Å²) in [4.78, 5) is 20.0. The minimum Gasteiger partial charge on any atom is -0.459 e. The summed E-state index contributed by atoms with van der Waals surface area (Å²) < 4.78 is 18.5. The van der Waals surface area contributed by atoms with E-state index in [1.165, 1.54) is 0 Å². The molecule has 142 valence electrons. The minimum absolute atomic E-state index is 0.132. The Morgan fingerprint density at radius 3 is 2.48 bits per heavy atom. The van der Waals surface area contributed by atoms with Gasteiger partial charge in [0.15, 0.2) is 0 Å². The summed E-state index contributed by atoms with van der Waals surface area (Å²) in [6.07, 6.45) is 1.62. The molecule has 0 fully saturated rings. The van der Waals surface area contributed by atoms with Crippen LogP contribution in [0.1, 0.15) is 41.5 Å². The van der Waals surface area contributed by atoms with Crippen LogP contribution in [0.4, 0.5) is 5.82 Å². The van der Waals surface area contributed by atoms with E-state index in [2.05, 4.69) is 37.9 Å². The number of carbonyl (C=O) groups is 1. The first-order valence-corrected chi connectivity index (χ1v) is 10.7. The fraction of sp³-hybridized carbons (Fsp3) is 0.688. The number of esters is 1. The van der Waals surface area contributed by atoms with Gasteiger partial charge in [-0.05, 0) is 60.4 Å². The molecule has 0 amide bonds. The van der Waals surface area contributed by atoms with Crippen molar-refractivity contribution in [1.82, 2.24) is 9.97 Å². The molecule has 1 heterocycles. The lowest BCUT2D eigenvalue weighted by molar-refractivity contribution is -0.151. The van der Waals surface area contributed by atoms with Gasteiger partial charge in [0.05, 0.1) is 3.57 Å². The van der Waals surface area contributed by atoms with Crippen LogP contribution in [-0.2, 0) is 20.3 Å². The summed E-state index contributed by atoms with van der Waals surface area (Å²) in [5.41, 5.74) is -0.791. The molecule has 0 radical (unpaired) electrons. The highest BCUT2D eigenvalue weighted by Gasteiger charge is 2.29. The molecular formula is C16H25ClIN3O3S. The third-order valence-corrected chi connectivity index (χ3v) is 5.36. The largest absolute Gasteiger partial charge is 0.459 e. The fourth-order valence-corrected chi connectivity index (χ4v) is 3.81. The molecule has 1 N–H and O–H groups in total. The molecule has 0 aliphatic heterocycles. The fourth-order valence-electron chi connectivity index (χ4n) is 1.87. The van der Waals surface area contributed by atoms with Crippen LogP contribution in [0, 0.1) is 8.99 Å². The molecule has 0 aromatic carbocycles. The van der Waals surface area contributed by atoms with Gasteiger partial charge >= 0.3 is 5.97 Å². The zero-order valence-electron chi connectivity index (χ0n) is 15.4. The molecule has 1 aromatic heterocycles. The van der Waals surface area contributed by atoms with Gasteiger partial charge in [0.2, 0.25) is 5.28 Å². The first kappa shape index (κ1) is 22.6. The molecule has 0 bridgehead atoms. The smallest absolute Gasteiger partial charge is 0.319 e. The van der Waals surface area contributed by atoms with Crippen molar-refractivity contribution in [1.29, 1.82) is 0 Å². The summed E-state index contributed by atoms with van der Waals surface area (Å²) in [6.45, 7) is 11.5. The van der Waals surface area contributed by atoms with Gasteiger partial charge in [-0.25, -0.2) is 4.98 Å². The second-order valence-electron chi connectivity index (χ2n) is 7.74. The summed E-state index contributed by atoms with van der Waals surface area (Å²) in [5.74, 6) is 0.293. The Morgan fingerprint density at radius 2 is 1.96 bits per heavy atom. The van der Waals surface area contributed by atoms with Gasteiger partial charge < -0.3 is 10.1 Å². The zero-order chi connectivity index (χ0) is 19.4. The van der Waals surface area contributed by atoms with Crippen LogP contribution in [0.15, 0.2) is 6.20 Å². The maximum absolute atomic E-state index is 12.4. The summed E-state index contributed by atoms with van der Waals surface area (Å²) in [5, 5.41) is 3.44. The third-order valence-electron chi connectivity index (χ3n) is 3.12. The Bertz CT molecular complexity index is 644. The first-order valence-electron chi connectivity index (χ1n) is 7.79. The van der Waals surface area contributed by atoms with Crippen LogP contribution in [0.5, 0.6) is 0 Å². The third kappa shape index (κ3) is 8.63. The second kappa shape index (κ2) is 8.94. The molecule has 0 aliphatic rings. The van der Waals surface area contributed by atoms with E-state index in [1.54, 1.807) is 27.0 Å². The van der Waals surface area contributed by atoms with E-state index in [-0.39, 0.29) is 22.5 Å². The lowest BCUT2D eigenvalue weighted by atomic mass is 9.88. The maximum Gasteiger partial charge on any atom is 0.319 e. The van der Waals surface area contributed by atoms with Gasteiger partial charge in [-0.2, -0.15) is 4.98 Å². The first-order chi connectivity index (χ1) is 11.3. The number of aromatic nitrogens is 2. The van der Waals surface area contributed by atoms with Crippen molar-refractivity contribution >= 4 is 56.8 Å². The second-order valence-corrected chi connectivity index (χ2v) is 10.7. The zero-order valence-corrected chi connectivity index (χ0v) is 19.1. The molecule has 6 nitrogen and oxygen atoms in total. The molecule has 1 aromatic rings. The molecule has 0 saturated carbocycles. The SMILES string of the molecule is CC(C)(C)OC(=O)CS(=O)C[C@@H](Nc1nc(Cl)ncc1I)C(C)(C)C. The number of nitrogens with one attached hydrogen (secondary N) is 1. The van der Waals surface area contributed by atoms with Crippen LogP contribution in [0.3, 0.4) is 0 Å². The monoisotopic (exact) mass is 501 g/mol. The molecule has 9 heteroatoms. The summed E-state index contributed by atoms with van der Waals surface area (Å²) in [7, 11) is -1.36. The van der Waals surface area contributed by atoms with Gasteiger partial charge in [-0.1, -0.05) is 20.8 Å². The van der Waals surface area contributed by atoms with Gasteiger partial charge in [0.1, 0.15) is 17.2 Å². The van der Waals surface area contributed by atoms with Crippen molar-refractivity contribution in [3.05, 3.63) is 15.1 Å². The van der Waals surface area contributed by atoms with E-state index >= 15 is 0 Å². The predicted octanol–water partition coefficient (Wildman–Crippen LogP) is 3.65. The van der Waals surface area contributed by atoms with Crippen molar-refractivity contribution in [2.24, 2.45) is 5.41 Å².